The molecule has 1 saturated carbocycles. The zero-order chi connectivity index (χ0) is 30.2. The number of aliphatic hydroxyl groups is 1. The third-order valence-corrected chi connectivity index (χ3v) is 10.5. The van der Waals surface area contributed by atoms with E-state index in [4.69, 9.17) is 14.2 Å². The van der Waals surface area contributed by atoms with E-state index in [1.165, 1.54) is 0 Å². The molecule has 1 heterocycles. The van der Waals surface area contributed by atoms with E-state index < -0.39 is 15.4 Å². The second-order valence-electron chi connectivity index (χ2n) is 12.0. The van der Waals surface area contributed by atoms with Crippen molar-refractivity contribution < 1.29 is 36.9 Å². The highest BCUT2D eigenvalue weighted by molar-refractivity contribution is 7.91. The van der Waals surface area contributed by atoms with Gasteiger partial charge in [0.1, 0.15) is 36.1 Å². The average Bonchev–Trinajstić information content (AvgIpc) is 3.81. The van der Waals surface area contributed by atoms with Crippen LogP contribution < -0.4 is 9.47 Å². The molecule has 3 aromatic carbocycles. The lowest BCUT2D eigenvalue weighted by molar-refractivity contribution is -0.144. The highest BCUT2D eigenvalue weighted by Crippen LogP contribution is 2.48. The van der Waals surface area contributed by atoms with Crippen LogP contribution in [0.5, 0.6) is 11.5 Å². The smallest absolute Gasteiger partial charge is 0.309 e. The Bertz CT molecular complexity index is 1600. The molecule has 1 N–H and O–H groups in total. The summed E-state index contributed by atoms with van der Waals surface area (Å²) in [5.74, 6) is 0.863. The van der Waals surface area contributed by atoms with Gasteiger partial charge < -0.3 is 19.3 Å². The number of hydrogen-bond donors (Lipinski definition) is 1. The number of benzene rings is 3. The molecule has 2 aliphatic carbocycles. The van der Waals surface area contributed by atoms with Crippen LogP contribution in [0.4, 0.5) is 4.39 Å². The molecule has 3 aromatic rings. The molecule has 0 amide bonds. The number of sulfone groups is 1. The highest BCUT2D eigenvalue weighted by Gasteiger charge is 2.45. The van der Waals surface area contributed by atoms with E-state index in [2.05, 4.69) is 0 Å². The van der Waals surface area contributed by atoms with Crippen molar-refractivity contribution in [1.29, 1.82) is 0 Å². The first-order valence-electron chi connectivity index (χ1n) is 15.0. The zero-order valence-corrected chi connectivity index (χ0v) is 25.1. The lowest BCUT2D eigenvalue weighted by Crippen LogP contribution is -2.43. The molecule has 1 unspecified atom stereocenters. The fraction of sp³-hybridized carbons (Fsp3) is 0.441. The number of ether oxygens (including phenoxy) is 3. The molecule has 43 heavy (non-hydrogen) atoms. The van der Waals surface area contributed by atoms with E-state index in [1.807, 2.05) is 55.5 Å². The molecule has 0 aromatic heterocycles. The molecule has 3 aliphatic rings. The van der Waals surface area contributed by atoms with Gasteiger partial charge in [-0.1, -0.05) is 18.2 Å². The molecular weight excluding hydrogens is 571 g/mol. The quantitative estimate of drug-likeness (QED) is 0.318. The number of fused-ring (bicyclic) bond motifs is 3. The van der Waals surface area contributed by atoms with Gasteiger partial charge in [-0.15, -0.1) is 0 Å². The summed E-state index contributed by atoms with van der Waals surface area (Å²) in [5, 5.41) is 10.8. The Balaban J connectivity index is 1.13. The molecule has 7 nitrogen and oxygen atoms in total. The average molecular weight is 609 g/mol. The molecule has 0 radical (unpaired) electrons. The summed E-state index contributed by atoms with van der Waals surface area (Å²) in [7, 11) is -3.08. The SMILES string of the molecule is CCOC(=O)[C@H]1CC1c1ccc(OCc2cc3c(cc2F)CCCc2cc(OCC4(O)CCS(=O)(=O)CC4)ccc2-3)cc1. The summed E-state index contributed by atoms with van der Waals surface area (Å²) in [6.45, 7) is 2.32. The highest BCUT2D eigenvalue weighted by atomic mass is 32.2. The summed E-state index contributed by atoms with van der Waals surface area (Å²) in [4.78, 5) is 12.0. The van der Waals surface area contributed by atoms with Crippen LogP contribution in [0.25, 0.3) is 11.1 Å². The van der Waals surface area contributed by atoms with Crippen molar-refractivity contribution in [3.8, 4) is 22.6 Å². The second kappa shape index (κ2) is 11.9. The van der Waals surface area contributed by atoms with Crippen LogP contribution in [0.2, 0.25) is 0 Å². The van der Waals surface area contributed by atoms with E-state index in [0.29, 0.717) is 23.7 Å². The van der Waals surface area contributed by atoms with E-state index in [-0.39, 0.29) is 61.2 Å². The standard InChI is InChI=1S/C34H37FO7S/c1-2-40-33(36)31-19-30(31)22-6-8-26(9-7-22)41-20-25-17-29-24(18-32(25)35)5-3-4-23-16-27(10-11-28(23)29)42-21-34(37)12-14-43(38,39)15-13-34/h6-11,16-18,30-31,37H,2-5,12-15,19-21H2,1H3/t30?,31-/m0/s1. The normalized spacial score (nSPS) is 21.6. The maximum Gasteiger partial charge on any atom is 0.309 e. The number of rotatable bonds is 9. The molecule has 9 heteroatoms. The number of carbonyl (C=O) groups is 1. The lowest BCUT2D eigenvalue weighted by Gasteiger charge is -2.31. The van der Waals surface area contributed by atoms with Gasteiger partial charge in [0.05, 0.1) is 24.0 Å². The minimum atomic E-state index is -3.08. The number of aryl methyl sites for hydroxylation is 2. The van der Waals surface area contributed by atoms with E-state index in [1.54, 1.807) is 6.07 Å². The molecule has 1 saturated heterocycles. The van der Waals surface area contributed by atoms with Gasteiger partial charge in [0.2, 0.25) is 0 Å². The van der Waals surface area contributed by atoms with Gasteiger partial charge in [0.25, 0.3) is 0 Å². The van der Waals surface area contributed by atoms with Gasteiger partial charge in [-0.05, 0) is 116 Å². The van der Waals surface area contributed by atoms with Gasteiger partial charge in [0.15, 0.2) is 9.84 Å². The summed E-state index contributed by atoms with van der Waals surface area (Å²) >= 11 is 0. The van der Waals surface area contributed by atoms with Crippen molar-refractivity contribution in [2.75, 3.05) is 24.7 Å². The molecule has 0 spiro atoms. The Morgan fingerprint density at radius 3 is 2.37 bits per heavy atom. The molecular formula is C34H37FO7S. The van der Waals surface area contributed by atoms with E-state index in [0.717, 1.165) is 53.5 Å². The number of esters is 1. The molecule has 228 valence electrons. The van der Waals surface area contributed by atoms with Crippen molar-refractivity contribution in [1.82, 2.24) is 0 Å². The van der Waals surface area contributed by atoms with Gasteiger partial charge in [0, 0.05) is 5.56 Å². The van der Waals surface area contributed by atoms with Crippen molar-refractivity contribution in [3.63, 3.8) is 0 Å². The Morgan fingerprint density at radius 2 is 1.65 bits per heavy atom. The molecule has 1 aliphatic heterocycles. The van der Waals surface area contributed by atoms with Crippen LogP contribution in [0.15, 0.2) is 54.6 Å². The van der Waals surface area contributed by atoms with Crippen molar-refractivity contribution >= 4 is 15.8 Å². The third kappa shape index (κ3) is 6.73. The summed E-state index contributed by atoms with van der Waals surface area (Å²) in [6.07, 6.45) is 3.56. The first-order chi connectivity index (χ1) is 20.6. The molecule has 0 bridgehead atoms. The monoisotopic (exact) mass is 608 g/mol. The van der Waals surface area contributed by atoms with Crippen LogP contribution in [-0.4, -0.2) is 49.8 Å². The van der Waals surface area contributed by atoms with Crippen molar-refractivity contribution in [2.24, 2.45) is 5.92 Å². The van der Waals surface area contributed by atoms with Gasteiger partial charge in [-0.2, -0.15) is 0 Å². The third-order valence-electron chi connectivity index (χ3n) is 8.88. The number of halogens is 1. The Hall–Kier alpha value is -3.43. The van der Waals surface area contributed by atoms with Gasteiger partial charge >= 0.3 is 5.97 Å². The minimum Gasteiger partial charge on any atom is -0.491 e. The summed E-state index contributed by atoms with van der Waals surface area (Å²) < 4.78 is 55.7. The zero-order valence-electron chi connectivity index (χ0n) is 24.3. The molecule has 2 fully saturated rings. The Labute approximate surface area is 251 Å². The van der Waals surface area contributed by atoms with Crippen LogP contribution in [-0.2, 0) is 38.8 Å². The lowest BCUT2D eigenvalue weighted by atomic mass is 9.94. The fourth-order valence-electron chi connectivity index (χ4n) is 6.15. The largest absolute Gasteiger partial charge is 0.491 e. The van der Waals surface area contributed by atoms with E-state index >= 15 is 4.39 Å². The number of hydrogen-bond acceptors (Lipinski definition) is 7. The Morgan fingerprint density at radius 1 is 0.953 bits per heavy atom. The van der Waals surface area contributed by atoms with Crippen LogP contribution in [0.3, 0.4) is 0 Å². The van der Waals surface area contributed by atoms with E-state index in [9.17, 15) is 18.3 Å². The van der Waals surface area contributed by atoms with Crippen LogP contribution in [0.1, 0.15) is 60.8 Å². The fourth-order valence-corrected chi connectivity index (χ4v) is 7.74. The van der Waals surface area contributed by atoms with Crippen LogP contribution in [0, 0.1) is 11.7 Å². The van der Waals surface area contributed by atoms with Gasteiger partial charge in [-0.3, -0.25) is 4.79 Å². The topological polar surface area (TPSA) is 99.1 Å². The maximum absolute atomic E-state index is 15.2. The van der Waals surface area contributed by atoms with Crippen molar-refractivity contribution in [3.05, 3.63) is 82.7 Å². The summed E-state index contributed by atoms with van der Waals surface area (Å²) in [6, 6.07) is 16.9. The predicted molar refractivity (Wildman–Crippen MR) is 160 cm³/mol. The second-order valence-corrected chi connectivity index (χ2v) is 14.3. The van der Waals surface area contributed by atoms with Gasteiger partial charge in [-0.25, -0.2) is 12.8 Å². The van der Waals surface area contributed by atoms with Crippen LogP contribution >= 0.6 is 0 Å². The Kier molecular flexibility index (Phi) is 8.22. The first-order valence-corrected chi connectivity index (χ1v) is 16.8. The predicted octanol–water partition coefficient (Wildman–Crippen LogP) is 5.55. The molecule has 6 rings (SSSR count). The minimum absolute atomic E-state index is 0.0280. The van der Waals surface area contributed by atoms with Crippen molar-refractivity contribution in [2.45, 2.75) is 63.6 Å². The first kappa shape index (κ1) is 29.6. The molecule has 2 atom stereocenters. The maximum atomic E-state index is 15.2. The summed E-state index contributed by atoms with van der Waals surface area (Å²) in [5.41, 5.74) is 4.43. The number of carbonyl (C=O) groups excluding carboxylic acids is 1.